The molecule has 1 saturated carbocycles. The highest BCUT2D eigenvalue weighted by atomic mass is 32.2. The Morgan fingerprint density at radius 2 is 1.96 bits per heavy atom. The maximum atomic E-state index is 12.3. The van der Waals surface area contributed by atoms with Crippen LogP contribution in [0.25, 0.3) is 11.1 Å². The Balaban J connectivity index is 1.54. The molecule has 1 fully saturated rings. The molecule has 0 bridgehead atoms. The van der Waals surface area contributed by atoms with Gasteiger partial charge in [-0.2, -0.15) is 0 Å². The lowest BCUT2D eigenvalue weighted by atomic mass is 10.2. The fraction of sp³-hybridized carbons (Fsp3) is 0.222. The molecule has 0 unspecified atom stereocenters. The molecule has 0 saturated heterocycles. The molecule has 122 valence electrons. The Morgan fingerprint density at radius 1 is 1.21 bits per heavy atom. The predicted molar refractivity (Wildman–Crippen MR) is 92.7 cm³/mol. The first-order valence-corrected chi connectivity index (χ1v) is 9.31. The maximum absolute atomic E-state index is 12.3. The van der Waals surface area contributed by atoms with E-state index >= 15 is 0 Å². The van der Waals surface area contributed by atoms with E-state index in [1.807, 2.05) is 12.1 Å². The zero-order chi connectivity index (χ0) is 16.7. The summed E-state index contributed by atoms with van der Waals surface area (Å²) in [4.78, 5) is 17.5. The first-order chi connectivity index (χ1) is 11.6. The van der Waals surface area contributed by atoms with Gasteiger partial charge in [0.1, 0.15) is 5.52 Å². The summed E-state index contributed by atoms with van der Waals surface area (Å²) in [5.74, 6) is 1.03. The second-order valence-corrected chi connectivity index (χ2v) is 7.32. The van der Waals surface area contributed by atoms with Crippen LogP contribution in [-0.2, 0) is 10.8 Å². The molecule has 2 aromatic carbocycles. The number of carbonyl (C=O) groups is 1. The van der Waals surface area contributed by atoms with Crippen LogP contribution >= 0.6 is 0 Å². The van der Waals surface area contributed by atoms with Crippen LogP contribution in [0.1, 0.15) is 35.0 Å². The standard InChI is InChI=1S/C18H16N2O3S/c1-24(22)14-7-4-11(5-8-14)17(21)19-13-6-9-16-15(10-13)20-18(23-16)12-2-3-12/h4-10,12H,2-3H2,1H3,(H,19,21)/t24-/m1/s1. The number of carbonyl (C=O) groups excluding carboxylic acids is 1. The van der Waals surface area contributed by atoms with Gasteiger partial charge in [0.25, 0.3) is 5.91 Å². The number of hydrogen-bond acceptors (Lipinski definition) is 4. The van der Waals surface area contributed by atoms with Gasteiger partial charge in [-0.15, -0.1) is 0 Å². The summed E-state index contributed by atoms with van der Waals surface area (Å²) in [6.07, 6.45) is 3.88. The second-order valence-electron chi connectivity index (χ2n) is 5.94. The maximum Gasteiger partial charge on any atom is 0.255 e. The van der Waals surface area contributed by atoms with Gasteiger partial charge < -0.3 is 9.73 Å². The summed E-state index contributed by atoms with van der Waals surface area (Å²) < 4.78 is 17.1. The van der Waals surface area contributed by atoms with Crippen molar-refractivity contribution in [1.82, 2.24) is 4.98 Å². The topological polar surface area (TPSA) is 72.2 Å². The Hall–Kier alpha value is -2.47. The Morgan fingerprint density at radius 3 is 2.62 bits per heavy atom. The molecule has 1 N–H and O–H groups in total. The number of nitrogens with one attached hydrogen (secondary N) is 1. The van der Waals surface area contributed by atoms with E-state index < -0.39 is 10.8 Å². The largest absolute Gasteiger partial charge is 0.440 e. The highest BCUT2D eigenvalue weighted by molar-refractivity contribution is 7.84. The summed E-state index contributed by atoms with van der Waals surface area (Å²) in [5.41, 5.74) is 2.69. The van der Waals surface area contributed by atoms with Gasteiger partial charge in [-0.25, -0.2) is 4.98 Å². The van der Waals surface area contributed by atoms with E-state index in [9.17, 15) is 9.00 Å². The first-order valence-electron chi connectivity index (χ1n) is 7.75. The number of fused-ring (bicyclic) bond motifs is 1. The zero-order valence-corrected chi connectivity index (χ0v) is 13.9. The van der Waals surface area contributed by atoms with E-state index in [0.29, 0.717) is 22.1 Å². The molecule has 1 aromatic heterocycles. The van der Waals surface area contributed by atoms with Gasteiger partial charge >= 0.3 is 0 Å². The van der Waals surface area contributed by atoms with Crippen molar-refractivity contribution < 1.29 is 13.4 Å². The number of amides is 1. The van der Waals surface area contributed by atoms with Crippen molar-refractivity contribution >= 4 is 33.5 Å². The van der Waals surface area contributed by atoms with Crippen molar-refractivity contribution in [1.29, 1.82) is 0 Å². The zero-order valence-electron chi connectivity index (χ0n) is 13.1. The summed E-state index contributed by atoms with van der Waals surface area (Å²) in [7, 11) is -1.05. The number of rotatable bonds is 4. The van der Waals surface area contributed by atoms with Crippen LogP contribution in [0, 0.1) is 0 Å². The molecule has 0 spiro atoms. The number of benzene rings is 2. The Labute approximate surface area is 141 Å². The third-order valence-electron chi connectivity index (χ3n) is 4.04. The van der Waals surface area contributed by atoms with Crippen LogP contribution < -0.4 is 5.32 Å². The Bertz CT molecular complexity index is 943. The lowest BCUT2D eigenvalue weighted by Crippen LogP contribution is -2.11. The molecule has 3 aromatic rings. The van der Waals surface area contributed by atoms with E-state index in [1.54, 1.807) is 36.6 Å². The summed E-state index contributed by atoms with van der Waals surface area (Å²) >= 11 is 0. The molecule has 1 heterocycles. The predicted octanol–water partition coefficient (Wildman–Crippen LogP) is 3.69. The minimum absolute atomic E-state index is 0.214. The molecule has 1 atom stereocenters. The molecule has 1 aliphatic carbocycles. The number of nitrogens with zero attached hydrogens (tertiary/aromatic N) is 1. The van der Waals surface area contributed by atoms with Gasteiger partial charge in [0.15, 0.2) is 11.5 Å². The van der Waals surface area contributed by atoms with E-state index in [1.165, 1.54) is 0 Å². The van der Waals surface area contributed by atoms with Crippen LogP contribution in [0.5, 0.6) is 0 Å². The lowest BCUT2D eigenvalue weighted by molar-refractivity contribution is 0.102. The van der Waals surface area contributed by atoms with Crippen LogP contribution in [0.4, 0.5) is 5.69 Å². The molecular weight excluding hydrogens is 324 g/mol. The van der Waals surface area contributed by atoms with Gasteiger partial charge in [-0.1, -0.05) is 0 Å². The highest BCUT2D eigenvalue weighted by Gasteiger charge is 2.28. The summed E-state index contributed by atoms with van der Waals surface area (Å²) in [6.45, 7) is 0. The van der Waals surface area contributed by atoms with Gasteiger partial charge in [0.2, 0.25) is 0 Å². The van der Waals surface area contributed by atoms with E-state index in [-0.39, 0.29) is 5.91 Å². The second kappa shape index (κ2) is 5.87. The smallest absolute Gasteiger partial charge is 0.255 e. The summed E-state index contributed by atoms with van der Waals surface area (Å²) in [5, 5.41) is 2.86. The number of hydrogen-bond donors (Lipinski definition) is 1. The molecular formula is C18H16N2O3S. The normalized spacial score (nSPS) is 15.4. The fourth-order valence-electron chi connectivity index (χ4n) is 2.53. The molecule has 6 heteroatoms. The van der Waals surface area contributed by atoms with Crippen LogP contribution in [0.3, 0.4) is 0 Å². The average molecular weight is 340 g/mol. The molecule has 1 amide bonds. The number of aromatic nitrogens is 1. The fourth-order valence-corrected chi connectivity index (χ4v) is 3.05. The molecule has 24 heavy (non-hydrogen) atoms. The van der Waals surface area contributed by atoms with Gasteiger partial charge in [-0.3, -0.25) is 9.00 Å². The third-order valence-corrected chi connectivity index (χ3v) is 4.97. The highest BCUT2D eigenvalue weighted by Crippen LogP contribution is 2.40. The van der Waals surface area contributed by atoms with Gasteiger partial charge in [0, 0.05) is 39.1 Å². The van der Waals surface area contributed by atoms with Crippen molar-refractivity contribution in [2.75, 3.05) is 11.6 Å². The van der Waals surface area contributed by atoms with Crippen LogP contribution in [0.15, 0.2) is 51.8 Å². The monoisotopic (exact) mass is 340 g/mol. The van der Waals surface area contributed by atoms with E-state index in [2.05, 4.69) is 10.3 Å². The van der Waals surface area contributed by atoms with Crippen LogP contribution in [-0.4, -0.2) is 21.4 Å². The lowest BCUT2D eigenvalue weighted by Gasteiger charge is -2.05. The average Bonchev–Trinajstić information content (AvgIpc) is 3.34. The van der Waals surface area contributed by atoms with Crippen molar-refractivity contribution in [3.63, 3.8) is 0 Å². The van der Waals surface area contributed by atoms with Gasteiger partial charge in [-0.05, 0) is 55.3 Å². The molecule has 5 nitrogen and oxygen atoms in total. The minimum atomic E-state index is -1.05. The first kappa shape index (κ1) is 15.1. The van der Waals surface area contributed by atoms with Crippen molar-refractivity contribution in [3.05, 3.63) is 53.9 Å². The Kier molecular flexibility index (Phi) is 3.69. The van der Waals surface area contributed by atoms with Crippen molar-refractivity contribution in [2.45, 2.75) is 23.7 Å². The molecule has 0 aliphatic heterocycles. The third kappa shape index (κ3) is 2.97. The van der Waals surface area contributed by atoms with Crippen molar-refractivity contribution in [2.24, 2.45) is 0 Å². The van der Waals surface area contributed by atoms with Gasteiger partial charge in [0.05, 0.1) is 0 Å². The SMILES string of the molecule is C[S@@](=O)c1ccc(C(=O)Nc2ccc3oc(C4CC4)nc3c2)cc1. The molecule has 1 aliphatic rings. The van der Waals surface area contributed by atoms with E-state index in [0.717, 1.165) is 29.8 Å². The molecule has 4 rings (SSSR count). The van der Waals surface area contributed by atoms with Crippen molar-refractivity contribution in [3.8, 4) is 0 Å². The number of anilines is 1. The minimum Gasteiger partial charge on any atom is -0.440 e. The van der Waals surface area contributed by atoms with E-state index in [4.69, 9.17) is 4.42 Å². The molecule has 0 radical (unpaired) electrons. The van der Waals surface area contributed by atoms with Crippen LogP contribution in [0.2, 0.25) is 0 Å². The number of oxazole rings is 1. The quantitative estimate of drug-likeness (QED) is 0.786. The summed E-state index contributed by atoms with van der Waals surface area (Å²) in [6, 6.07) is 12.2.